The predicted octanol–water partition coefficient (Wildman–Crippen LogP) is 3.61. The van der Waals surface area contributed by atoms with Crippen molar-refractivity contribution in [2.45, 2.75) is 12.8 Å². The molecule has 0 bridgehead atoms. The number of carbonyl (C=O) groups is 1. The minimum atomic E-state index is -1.17. The summed E-state index contributed by atoms with van der Waals surface area (Å²) in [5.74, 6) is -1.17. The second kappa shape index (κ2) is 8.15. The number of aromatic carboxylic acids is 1. The zero-order valence-electron chi connectivity index (χ0n) is 12.7. The van der Waals surface area contributed by atoms with E-state index in [0.717, 1.165) is 6.54 Å². The van der Waals surface area contributed by atoms with Gasteiger partial charge in [0.05, 0.1) is 15.9 Å². The monoisotopic (exact) mass is 422 g/mol. The third-order valence-electron chi connectivity index (χ3n) is 3.36. The van der Waals surface area contributed by atoms with E-state index in [-0.39, 0.29) is 44.1 Å². The summed E-state index contributed by atoms with van der Waals surface area (Å²) in [6, 6.07) is 2.98. The fraction of sp³-hybridized carbons (Fsp3) is 0.333. The molecule has 0 saturated heterocycles. The average Bonchev–Trinajstić information content (AvgIpc) is 2.39. The Morgan fingerprint density at radius 2 is 1.96 bits per heavy atom. The van der Waals surface area contributed by atoms with E-state index in [1.165, 1.54) is 12.1 Å². The van der Waals surface area contributed by atoms with Crippen LogP contribution in [0.5, 0.6) is 0 Å². The molecule has 0 saturated carbocycles. The second-order valence-electron chi connectivity index (χ2n) is 5.33. The van der Waals surface area contributed by atoms with Crippen molar-refractivity contribution in [1.82, 2.24) is 9.88 Å². The van der Waals surface area contributed by atoms with Gasteiger partial charge in [0.25, 0.3) is 0 Å². The first kappa shape index (κ1) is 20.0. The molecule has 0 amide bonds. The van der Waals surface area contributed by atoms with Crippen molar-refractivity contribution in [2.24, 2.45) is 0 Å². The topological polar surface area (TPSA) is 73.4 Å². The zero-order chi connectivity index (χ0) is 16.4. The van der Waals surface area contributed by atoms with Gasteiger partial charge >= 0.3 is 5.97 Å². The van der Waals surface area contributed by atoms with E-state index in [0.29, 0.717) is 23.4 Å². The van der Waals surface area contributed by atoms with Crippen molar-refractivity contribution in [3.8, 4) is 0 Å². The van der Waals surface area contributed by atoms with Crippen molar-refractivity contribution in [3.05, 3.63) is 43.7 Å². The molecule has 2 rings (SSSR count). The molecule has 0 aliphatic heterocycles. The Kier molecular flexibility index (Phi) is 7.07. The highest BCUT2D eigenvalue weighted by Crippen LogP contribution is 2.25. The lowest BCUT2D eigenvalue weighted by molar-refractivity contribution is 0.0689. The van der Waals surface area contributed by atoms with E-state index in [1.807, 2.05) is 19.0 Å². The molecule has 0 aliphatic carbocycles. The summed E-state index contributed by atoms with van der Waals surface area (Å²) in [7, 11) is 3.84. The first-order valence-electron chi connectivity index (χ1n) is 6.73. The molecule has 0 atom stereocenters. The number of hydrogen-bond acceptors (Lipinski definition) is 3. The SMILES string of the molecule is Br.CN(C)CCCc1c(C(=O)O)[nH]c2cc(Cl)cc(Cl)c2c1=O. The number of nitrogens with zero attached hydrogens (tertiary/aromatic N) is 1. The number of nitrogens with one attached hydrogen (secondary N) is 1. The Balaban J connectivity index is 0.00000264. The molecule has 8 heteroatoms. The van der Waals surface area contributed by atoms with E-state index >= 15 is 0 Å². The normalized spacial score (nSPS) is 10.8. The lowest BCUT2D eigenvalue weighted by atomic mass is 10.0. The zero-order valence-corrected chi connectivity index (χ0v) is 15.9. The van der Waals surface area contributed by atoms with Gasteiger partial charge in [0.2, 0.25) is 0 Å². The number of halogens is 3. The van der Waals surface area contributed by atoms with Crippen LogP contribution in [0.2, 0.25) is 10.0 Å². The highest BCUT2D eigenvalue weighted by molar-refractivity contribution is 8.93. The number of benzene rings is 1. The predicted molar refractivity (Wildman–Crippen MR) is 98.7 cm³/mol. The first-order chi connectivity index (χ1) is 10.3. The third kappa shape index (κ3) is 4.47. The van der Waals surface area contributed by atoms with Crippen molar-refractivity contribution >= 4 is 57.1 Å². The van der Waals surface area contributed by atoms with Crippen LogP contribution in [0.25, 0.3) is 10.9 Å². The van der Waals surface area contributed by atoms with Crippen molar-refractivity contribution in [1.29, 1.82) is 0 Å². The van der Waals surface area contributed by atoms with E-state index in [4.69, 9.17) is 23.2 Å². The molecule has 1 aromatic heterocycles. The lowest BCUT2D eigenvalue weighted by Gasteiger charge is -2.12. The van der Waals surface area contributed by atoms with Gasteiger partial charge in [-0.25, -0.2) is 4.79 Å². The minimum Gasteiger partial charge on any atom is -0.477 e. The van der Waals surface area contributed by atoms with Crippen LogP contribution >= 0.6 is 40.2 Å². The van der Waals surface area contributed by atoms with Crippen LogP contribution in [0, 0.1) is 0 Å². The molecule has 0 unspecified atom stereocenters. The number of carboxylic acid groups (broad SMARTS) is 1. The van der Waals surface area contributed by atoms with Crippen LogP contribution in [0.4, 0.5) is 0 Å². The summed E-state index contributed by atoms with van der Waals surface area (Å²) >= 11 is 12.0. The minimum absolute atomic E-state index is 0. The molecule has 126 valence electrons. The van der Waals surface area contributed by atoms with Crippen LogP contribution in [0.1, 0.15) is 22.5 Å². The summed E-state index contributed by atoms with van der Waals surface area (Å²) < 4.78 is 0. The maximum Gasteiger partial charge on any atom is 0.352 e. The smallest absolute Gasteiger partial charge is 0.352 e. The Hall–Kier alpha value is -1.08. The molecule has 2 N–H and O–H groups in total. The van der Waals surface area contributed by atoms with Crippen LogP contribution in [0.3, 0.4) is 0 Å². The van der Waals surface area contributed by atoms with E-state index in [1.54, 1.807) is 0 Å². The van der Waals surface area contributed by atoms with Crippen LogP contribution in [0.15, 0.2) is 16.9 Å². The second-order valence-corrected chi connectivity index (χ2v) is 6.17. The Morgan fingerprint density at radius 3 is 2.52 bits per heavy atom. The summed E-state index contributed by atoms with van der Waals surface area (Å²) in [4.78, 5) is 28.8. The van der Waals surface area contributed by atoms with Gasteiger partial charge in [-0.05, 0) is 45.6 Å². The summed E-state index contributed by atoms with van der Waals surface area (Å²) in [5.41, 5.74) is 0.114. The highest BCUT2D eigenvalue weighted by Gasteiger charge is 2.19. The van der Waals surface area contributed by atoms with Crippen LogP contribution in [-0.4, -0.2) is 41.6 Å². The third-order valence-corrected chi connectivity index (χ3v) is 3.88. The van der Waals surface area contributed by atoms with Crippen molar-refractivity contribution in [2.75, 3.05) is 20.6 Å². The van der Waals surface area contributed by atoms with Gasteiger partial charge in [0, 0.05) is 10.6 Å². The molecular formula is C15H17BrCl2N2O3. The Morgan fingerprint density at radius 1 is 1.30 bits per heavy atom. The summed E-state index contributed by atoms with van der Waals surface area (Å²) in [5, 5.41) is 10.2. The van der Waals surface area contributed by atoms with Gasteiger partial charge in [-0.1, -0.05) is 23.2 Å². The maximum absolute atomic E-state index is 12.6. The van der Waals surface area contributed by atoms with Crippen LogP contribution < -0.4 is 5.43 Å². The molecular weight excluding hydrogens is 407 g/mol. The summed E-state index contributed by atoms with van der Waals surface area (Å²) in [6.45, 7) is 0.755. The van der Waals surface area contributed by atoms with Gasteiger partial charge in [-0.2, -0.15) is 0 Å². The molecule has 23 heavy (non-hydrogen) atoms. The molecule has 0 aliphatic rings. The molecule has 1 aromatic carbocycles. The lowest BCUT2D eigenvalue weighted by Crippen LogP contribution is -2.21. The average molecular weight is 424 g/mol. The number of H-pyrrole nitrogens is 1. The first-order valence-corrected chi connectivity index (χ1v) is 7.48. The van der Waals surface area contributed by atoms with Crippen molar-refractivity contribution < 1.29 is 9.90 Å². The number of fused-ring (bicyclic) bond motifs is 1. The molecule has 1 heterocycles. The Labute approximate surface area is 154 Å². The molecule has 2 aromatic rings. The number of aromatic nitrogens is 1. The van der Waals surface area contributed by atoms with Gasteiger partial charge in [-0.3, -0.25) is 4.79 Å². The van der Waals surface area contributed by atoms with E-state index < -0.39 is 5.97 Å². The largest absolute Gasteiger partial charge is 0.477 e. The fourth-order valence-corrected chi connectivity index (χ4v) is 2.95. The maximum atomic E-state index is 12.6. The number of aromatic amines is 1. The molecule has 0 fully saturated rings. The van der Waals surface area contributed by atoms with E-state index in [9.17, 15) is 14.7 Å². The van der Waals surface area contributed by atoms with Crippen LogP contribution in [-0.2, 0) is 6.42 Å². The fourth-order valence-electron chi connectivity index (χ4n) is 2.37. The quantitative estimate of drug-likeness (QED) is 0.770. The van der Waals surface area contributed by atoms with Gasteiger partial charge < -0.3 is 15.0 Å². The summed E-state index contributed by atoms with van der Waals surface area (Å²) in [6.07, 6.45) is 1.04. The Bertz CT molecular complexity index is 790. The molecule has 5 nitrogen and oxygen atoms in total. The standard InChI is InChI=1S/C15H16Cl2N2O3.BrH/c1-19(2)5-3-4-9-13(15(21)22)18-11-7-8(16)6-10(17)12(11)14(9)20;/h6-7H,3-5H2,1-2H3,(H,18,20)(H,21,22);1H. The molecule has 0 radical (unpaired) electrons. The highest BCUT2D eigenvalue weighted by atomic mass is 79.9. The number of pyridine rings is 1. The number of carboxylic acids is 1. The van der Waals surface area contributed by atoms with Gasteiger partial charge in [0.15, 0.2) is 5.43 Å². The van der Waals surface area contributed by atoms with Gasteiger partial charge in [-0.15, -0.1) is 17.0 Å². The number of hydrogen-bond donors (Lipinski definition) is 2. The number of rotatable bonds is 5. The van der Waals surface area contributed by atoms with Crippen molar-refractivity contribution in [3.63, 3.8) is 0 Å². The van der Waals surface area contributed by atoms with E-state index in [2.05, 4.69) is 4.98 Å². The van der Waals surface area contributed by atoms with Gasteiger partial charge in [0.1, 0.15) is 5.69 Å². The molecule has 0 spiro atoms.